The average molecular weight is 206 g/mol. The summed E-state index contributed by atoms with van der Waals surface area (Å²) in [5.41, 5.74) is -0.0403. The van der Waals surface area contributed by atoms with Crippen molar-refractivity contribution in [1.29, 1.82) is 4.78 Å². The van der Waals surface area contributed by atoms with Crippen LogP contribution in [0.2, 0.25) is 0 Å². The van der Waals surface area contributed by atoms with Crippen molar-refractivity contribution in [1.82, 2.24) is 4.31 Å². The summed E-state index contributed by atoms with van der Waals surface area (Å²) in [5, 5.41) is 0. The summed E-state index contributed by atoms with van der Waals surface area (Å²) >= 11 is 0. The van der Waals surface area contributed by atoms with E-state index in [0.29, 0.717) is 18.8 Å². The van der Waals surface area contributed by atoms with E-state index >= 15 is 0 Å². The van der Waals surface area contributed by atoms with Gasteiger partial charge in [0.15, 0.2) is 0 Å². The quantitative estimate of drug-likeness (QED) is 0.754. The summed E-state index contributed by atoms with van der Waals surface area (Å²) in [4.78, 5) is 0. The van der Waals surface area contributed by atoms with Gasteiger partial charge in [0, 0.05) is 13.1 Å². The third-order valence-electron chi connectivity index (χ3n) is 1.75. The van der Waals surface area contributed by atoms with Crippen molar-refractivity contribution in [3.63, 3.8) is 0 Å². The molecule has 0 aromatic heterocycles. The smallest absolute Gasteiger partial charge is 0.108 e. The fourth-order valence-electron chi connectivity index (χ4n) is 1.32. The zero-order valence-corrected chi connectivity index (χ0v) is 10.2. The van der Waals surface area contributed by atoms with Gasteiger partial charge < -0.3 is 0 Å². The first kappa shape index (κ1) is 12.9. The summed E-state index contributed by atoms with van der Waals surface area (Å²) in [6.45, 7) is 11.3. The number of rotatable bonds is 4. The molecule has 0 bridgehead atoms. The molecule has 0 amide bonds. The second-order valence-electron chi connectivity index (χ2n) is 4.46. The van der Waals surface area contributed by atoms with Gasteiger partial charge in [0.05, 0.1) is 5.75 Å². The van der Waals surface area contributed by atoms with Crippen molar-refractivity contribution < 1.29 is 4.21 Å². The van der Waals surface area contributed by atoms with Crippen LogP contribution >= 0.6 is 0 Å². The van der Waals surface area contributed by atoms with E-state index in [0.717, 1.165) is 0 Å². The van der Waals surface area contributed by atoms with Crippen molar-refractivity contribution >= 4 is 9.92 Å². The maximum atomic E-state index is 12.0. The molecule has 1 atom stereocenters. The first-order valence-corrected chi connectivity index (χ1v) is 6.43. The van der Waals surface area contributed by atoms with Crippen LogP contribution in [0.5, 0.6) is 0 Å². The Morgan fingerprint density at radius 1 is 1.23 bits per heavy atom. The molecule has 1 N–H and O–H groups in total. The van der Waals surface area contributed by atoms with Crippen molar-refractivity contribution in [2.45, 2.75) is 34.6 Å². The van der Waals surface area contributed by atoms with Crippen LogP contribution in [0, 0.1) is 10.2 Å². The van der Waals surface area contributed by atoms with Crippen LogP contribution in [0.4, 0.5) is 0 Å². The molecule has 0 fully saturated rings. The predicted molar refractivity (Wildman–Crippen MR) is 58.1 cm³/mol. The highest BCUT2D eigenvalue weighted by atomic mass is 32.2. The first-order chi connectivity index (χ1) is 5.73. The minimum Gasteiger partial charge on any atom is -0.240 e. The molecule has 3 nitrogen and oxygen atoms in total. The van der Waals surface area contributed by atoms with E-state index in [-0.39, 0.29) is 5.41 Å². The summed E-state index contributed by atoms with van der Waals surface area (Å²) in [5.74, 6) is 0.446. The Balaban J connectivity index is 4.58. The van der Waals surface area contributed by atoms with E-state index in [1.165, 1.54) is 0 Å². The second-order valence-corrected chi connectivity index (χ2v) is 6.55. The fraction of sp³-hybridized carbons (Fsp3) is 1.00. The molecule has 0 aliphatic carbocycles. The van der Waals surface area contributed by atoms with Crippen LogP contribution in [0.15, 0.2) is 0 Å². The van der Waals surface area contributed by atoms with Gasteiger partial charge in [-0.15, -0.1) is 0 Å². The maximum absolute atomic E-state index is 12.0. The molecule has 0 aliphatic heterocycles. The van der Waals surface area contributed by atoms with Crippen molar-refractivity contribution in [3.8, 4) is 0 Å². The second kappa shape index (κ2) is 4.42. The van der Waals surface area contributed by atoms with Crippen molar-refractivity contribution in [2.24, 2.45) is 5.41 Å². The standard InChI is InChI=1S/C9H22N2OS/c1-6-11(7-2)13(10,12)8-9(3,4)5/h10H,6-8H2,1-5H3. The van der Waals surface area contributed by atoms with Gasteiger partial charge in [0.1, 0.15) is 9.92 Å². The zero-order chi connectivity index (χ0) is 10.7. The van der Waals surface area contributed by atoms with Gasteiger partial charge in [-0.1, -0.05) is 34.6 Å². The fourth-order valence-corrected chi connectivity index (χ4v) is 3.51. The van der Waals surface area contributed by atoms with Gasteiger partial charge >= 0.3 is 0 Å². The highest BCUT2D eigenvalue weighted by Gasteiger charge is 2.22. The minimum atomic E-state index is -2.55. The molecule has 0 heterocycles. The lowest BCUT2D eigenvalue weighted by Crippen LogP contribution is -2.35. The van der Waals surface area contributed by atoms with E-state index < -0.39 is 9.92 Å². The molecular formula is C9H22N2OS. The van der Waals surface area contributed by atoms with E-state index in [1.54, 1.807) is 4.31 Å². The van der Waals surface area contributed by atoms with Crippen LogP contribution in [0.1, 0.15) is 34.6 Å². The molecule has 0 aliphatic rings. The van der Waals surface area contributed by atoms with Gasteiger partial charge in [0.25, 0.3) is 0 Å². The molecule has 1 unspecified atom stereocenters. The molecule has 13 heavy (non-hydrogen) atoms. The van der Waals surface area contributed by atoms with Crippen LogP contribution in [-0.2, 0) is 9.92 Å². The Kier molecular flexibility index (Phi) is 4.39. The zero-order valence-electron chi connectivity index (χ0n) is 9.39. The number of hydrogen-bond donors (Lipinski definition) is 1. The Bertz CT molecular complexity index is 235. The predicted octanol–water partition coefficient (Wildman–Crippen LogP) is 2.34. The highest BCUT2D eigenvalue weighted by Crippen LogP contribution is 2.18. The van der Waals surface area contributed by atoms with E-state index in [1.807, 2.05) is 34.6 Å². The Hall–Kier alpha value is -0.0900. The Morgan fingerprint density at radius 2 is 1.62 bits per heavy atom. The lowest BCUT2D eigenvalue weighted by molar-refractivity contribution is 0.434. The third-order valence-corrected chi connectivity index (χ3v) is 4.36. The van der Waals surface area contributed by atoms with Crippen LogP contribution in [-0.4, -0.2) is 27.4 Å². The molecule has 0 aromatic rings. The topological polar surface area (TPSA) is 44.2 Å². The molecule has 0 saturated heterocycles. The summed E-state index contributed by atoms with van der Waals surface area (Å²) in [6.07, 6.45) is 0. The molecule has 0 saturated carbocycles. The summed E-state index contributed by atoms with van der Waals surface area (Å²) in [7, 11) is -2.55. The normalized spacial score (nSPS) is 17.4. The van der Waals surface area contributed by atoms with E-state index in [4.69, 9.17) is 4.78 Å². The average Bonchev–Trinajstić information content (AvgIpc) is 1.83. The summed E-state index contributed by atoms with van der Waals surface area (Å²) < 4.78 is 21.5. The van der Waals surface area contributed by atoms with E-state index in [2.05, 4.69) is 0 Å². The maximum Gasteiger partial charge on any atom is 0.108 e. The number of nitrogens with zero attached hydrogens (tertiary/aromatic N) is 1. The highest BCUT2D eigenvalue weighted by molar-refractivity contribution is 7.90. The van der Waals surface area contributed by atoms with Gasteiger partial charge in [-0.2, -0.15) is 0 Å². The van der Waals surface area contributed by atoms with Gasteiger partial charge in [-0.25, -0.2) is 13.3 Å². The lowest BCUT2D eigenvalue weighted by Gasteiger charge is -2.27. The Labute approximate surface area is 82.6 Å². The van der Waals surface area contributed by atoms with Gasteiger partial charge in [-0.3, -0.25) is 0 Å². The van der Waals surface area contributed by atoms with Crippen LogP contribution in [0.3, 0.4) is 0 Å². The van der Waals surface area contributed by atoms with Crippen molar-refractivity contribution in [3.05, 3.63) is 0 Å². The molecule has 0 aromatic carbocycles. The molecule has 0 spiro atoms. The van der Waals surface area contributed by atoms with Gasteiger partial charge in [-0.05, 0) is 5.41 Å². The van der Waals surface area contributed by atoms with Gasteiger partial charge in [0.2, 0.25) is 0 Å². The third kappa shape index (κ3) is 4.62. The molecule has 0 rings (SSSR count). The molecule has 4 heteroatoms. The summed E-state index contributed by atoms with van der Waals surface area (Å²) in [6, 6.07) is 0. The molecule has 0 radical (unpaired) electrons. The van der Waals surface area contributed by atoms with Crippen molar-refractivity contribution in [2.75, 3.05) is 18.8 Å². The Morgan fingerprint density at radius 3 is 1.85 bits per heavy atom. The van der Waals surface area contributed by atoms with Crippen LogP contribution in [0.25, 0.3) is 0 Å². The monoisotopic (exact) mass is 206 g/mol. The molecular weight excluding hydrogens is 184 g/mol. The largest absolute Gasteiger partial charge is 0.240 e. The molecule has 80 valence electrons. The first-order valence-electron chi connectivity index (χ1n) is 4.74. The lowest BCUT2D eigenvalue weighted by atomic mass is 10.0. The van der Waals surface area contributed by atoms with E-state index in [9.17, 15) is 4.21 Å². The van der Waals surface area contributed by atoms with Crippen LogP contribution < -0.4 is 0 Å². The SMILES string of the molecule is CCN(CC)S(=N)(=O)CC(C)(C)C. The number of hydrogen-bond acceptors (Lipinski definition) is 2. The minimum absolute atomic E-state index is 0.0403. The number of nitrogens with one attached hydrogen (secondary N) is 1.